The number of nitrogens with one attached hydrogen (secondary N) is 1. The summed E-state index contributed by atoms with van der Waals surface area (Å²) in [5.41, 5.74) is 1.19. The highest BCUT2D eigenvalue weighted by molar-refractivity contribution is 5.96. The standard InChI is InChI=1S/C46H44F3N3O10/c1-51(34(41(55)50-23-24-53)25-29-13-5-2-6-14-29)43(57)44-26-35-37-38(61-46(60-37,32-17-7-3-8-18-32)33-19-9-4-10-20-33)40(44)62-52(39(44)42(56)59-35)27-31-16-12-11-15-30(31)21-22-36(54)58-28-45(47,48)49/h2-22,34-35,37-40,53H,23-28H2,1H3,(H,50,55). The number of aliphatic hydroxyl groups is 1. The lowest BCUT2D eigenvalue weighted by Gasteiger charge is -2.50. The van der Waals surface area contributed by atoms with Crippen molar-refractivity contribution in [2.45, 2.75) is 67.8 Å². The summed E-state index contributed by atoms with van der Waals surface area (Å²) in [6.45, 7) is -2.31. The molecule has 4 fully saturated rings. The Kier molecular flexibility index (Phi) is 12.0. The van der Waals surface area contributed by atoms with E-state index >= 15 is 4.79 Å². The predicted molar refractivity (Wildman–Crippen MR) is 214 cm³/mol. The van der Waals surface area contributed by atoms with Gasteiger partial charge in [-0.2, -0.15) is 18.2 Å². The third kappa shape index (κ3) is 8.11. The van der Waals surface area contributed by atoms with Crippen molar-refractivity contribution in [2.75, 3.05) is 26.8 Å². The zero-order chi connectivity index (χ0) is 43.6. The van der Waals surface area contributed by atoms with Crippen molar-refractivity contribution in [2.24, 2.45) is 5.41 Å². The van der Waals surface area contributed by atoms with Crippen molar-refractivity contribution in [1.29, 1.82) is 0 Å². The molecule has 7 unspecified atom stereocenters. The largest absolute Gasteiger partial charge is 0.458 e. The van der Waals surface area contributed by atoms with Gasteiger partial charge in [0.2, 0.25) is 17.6 Å². The number of ether oxygens (including phenoxy) is 4. The van der Waals surface area contributed by atoms with Gasteiger partial charge < -0.3 is 34.3 Å². The van der Waals surface area contributed by atoms with Gasteiger partial charge in [-0.15, -0.1) is 0 Å². The molecule has 0 radical (unpaired) electrons. The molecule has 13 nitrogen and oxygen atoms in total. The lowest BCUT2D eigenvalue weighted by molar-refractivity contribution is -0.214. The number of fused-ring (bicyclic) bond motifs is 4. The first kappa shape index (κ1) is 42.8. The zero-order valence-corrected chi connectivity index (χ0v) is 33.5. The zero-order valence-electron chi connectivity index (χ0n) is 33.5. The van der Waals surface area contributed by atoms with Crippen molar-refractivity contribution < 1.29 is 61.2 Å². The van der Waals surface area contributed by atoms with Crippen molar-refractivity contribution >= 4 is 29.8 Å². The molecule has 3 saturated heterocycles. The van der Waals surface area contributed by atoms with Crippen molar-refractivity contribution in [3.8, 4) is 0 Å². The molecular formula is C46H44F3N3O10. The van der Waals surface area contributed by atoms with E-state index in [2.05, 4.69) is 10.1 Å². The van der Waals surface area contributed by atoms with Crippen molar-refractivity contribution in [3.63, 3.8) is 0 Å². The van der Waals surface area contributed by atoms with Gasteiger partial charge in [0.15, 0.2) is 12.6 Å². The minimum atomic E-state index is -4.71. The maximum absolute atomic E-state index is 15.7. The van der Waals surface area contributed by atoms with Crippen LogP contribution in [0.15, 0.2) is 121 Å². The smallest absolute Gasteiger partial charge is 0.422 e. The van der Waals surface area contributed by atoms with Crippen LogP contribution in [0.4, 0.5) is 13.2 Å². The first-order valence-corrected chi connectivity index (χ1v) is 20.1. The van der Waals surface area contributed by atoms with Crippen LogP contribution < -0.4 is 5.32 Å². The molecular weight excluding hydrogens is 812 g/mol. The third-order valence-electron chi connectivity index (χ3n) is 11.8. The molecule has 4 aromatic rings. The number of hydroxylamine groups is 2. The van der Waals surface area contributed by atoms with Crippen LogP contribution in [0, 0.1) is 5.41 Å². The number of nitrogens with zero attached hydrogens (tertiary/aromatic N) is 2. The molecule has 2 N–H and O–H groups in total. The van der Waals surface area contributed by atoms with E-state index in [1.165, 1.54) is 23.1 Å². The summed E-state index contributed by atoms with van der Waals surface area (Å²) in [5.74, 6) is -4.63. The average Bonchev–Trinajstić information content (AvgIpc) is 3.86. The van der Waals surface area contributed by atoms with E-state index in [1.807, 2.05) is 91.0 Å². The summed E-state index contributed by atoms with van der Waals surface area (Å²) < 4.78 is 62.8. The number of esters is 2. The van der Waals surface area contributed by atoms with Gasteiger partial charge in [-0.1, -0.05) is 115 Å². The second kappa shape index (κ2) is 17.5. The molecule has 0 spiro atoms. The third-order valence-corrected chi connectivity index (χ3v) is 11.8. The van der Waals surface area contributed by atoms with Crippen LogP contribution in [-0.2, 0) is 61.7 Å². The number of likely N-dealkylation sites (N-methyl/N-ethyl adjacent to an activating group) is 1. The highest BCUT2D eigenvalue weighted by atomic mass is 19.4. The number of halogens is 3. The van der Waals surface area contributed by atoms with Crippen LogP contribution in [0.3, 0.4) is 0 Å². The molecule has 4 aromatic carbocycles. The lowest BCUT2D eigenvalue weighted by atomic mass is 9.62. The molecule has 2 bridgehead atoms. The van der Waals surface area contributed by atoms with Crippen LogP contribution in [-0.4, -0.2) is 108 Å². The number of hydrogen-bond acceptors (Lipinski definition) is 11. The maximum atomic E-state index is 15.7. The topological polar surface area (TPSA) is 153 Å². The van der Waals surface area contributed by atoms with Crippen LogP contribution in [0.5, 0.6) is 0 Å². The first-order valence-electron chi connectivity index (χ1n) is 20.1. The van der Waals surface area contributed by atoms with E-state index in [1.54, 1.807) is 24.3 Å². The second-order valence-corrected chi connectivity index (χ2v) is 15.6. The Morgan fingerprint density at radius 2 is 1.53 bits per heavy atom. The highest BCUT2D eigenvalue weighted by Gasteiger charge is 2.77. The Morgan fingerprint density at radius 3 is 2.18 bits per heavy atom. The number of amides is 2. The number of hydrogen-bond donors (Lipinski definition) is 2. The molecule has 7 atom stereocenters. The van der Waals surface area contributed by atoms with E-state index in [9.17, 15) is 32.7 Å². The van der Waals surface area contributed by atoms with E-state index in [0.717, 1.165) is 11.6 Å². The fraction of sp³-hybridized carbons (Fsp3) is 0.348. The van der Waals surface area contributed by atoms with E-state index in [4.69, 9.17) is 19.0 Å². The molecule has 62 heavy (non-hydrogen) atoms. The molecule has 16 heteroatoms. The fourth-order valence-electron chi connectivity index (χ4n) is 9.05. The number of carbonyl (C=O) groups excluding carboxylic acids is 4. The van der Waals surface area contributed by atoms with Gasteiger partial charge in [0, 0.05) is 43.6 Å². The highest BCUT2D eigenvalue weighted by Crippen LogP contribution is 2.60. The number of aliphatic hydroxyl groups excluding tert-OH is 1. The molecule has 4 aliphatic rings. The summed E-state index contributed by atoms with van der Waals surface area (Å²) >= 11 is 0. The normalized spacial score (nSPS) is 25.4. The first-order chi connectivity index (χ1) is 29.8. The van der Waals surface area contributed by atoms with Gasteiger partial charge in [0.1, 0.15) is 35.9 Å². The predicted octanol–water partition coefficient (Wildman–Crippen LogP) is 4.47. The molecule has 1 saturated carbocycles. The minimum Gasteiger partial charge on any atom is -0.458 e. The van der Waals surface area contributed by atoms with Crippen LogP contribution in [0.2, 0.25) is 0 Å². The summed E-state index contributed by atoms with van der Waals surface area (Å²) in [5, 5.41) is 13.6. The Hall–Kier alpha value is -5.91. The van der Waals surface area contributed by atoms with Gasteiger partial charge in [-0.25, -0.2) is 4.79 Å². The van der Waals surface area contributed by atoms with Crippen LogP contribution >= 0.6 is 0 Å². The fourth-order valence-corrected chi connectivity index (χ4v) is 9.05. The van der Waals surface area contributed by atoms with E-state index in [0.29, 0.717) is 22.3 Å². The lowest BCUT2D eigenvalue weighted by Crippen LogP contribution is -2.70. The number of alkyl halides is 3. The molecule has 3 aliphatic heterocycles. The van der Waals surface area contributed by atoms with Gasteiger partial charge in [-0.3, -0.25) is 19.2 Å². The Morgan fingerprint density at radius 1 is 0.919 bits per heavy atom. The molecule has 8 rings (SSSR count). The second-order valence-electron chi connectivity index (χ2n) is 15.6. The molecule has 3 heterocycles. The van der Waals surface area contributed by atoms with Crippen LogP contribution in [0.25, 0.3) is 6.08 Å². The van der Waals surface area contributed by atoms with Gasteiger partial charge >= 0.3 is 18.1 Å². The quantitative estimate of drug-likeness (QED) is 0.137. The molecule has 324 valence electrons. The summed E-state index contributed by atoms with van der Waals surface area (Å²) in [4.78, 5) is 64.5. The van der Waals surface area contributed by atoms with Gasteiger partial charge in [0.05, 0.1) is 13.2 Å². The van der Waals surface area contributed by atoms with E-state index in [-0.39, 0.29) is 32.5 Å². The van der Waals surface area contributed by atoms with Gasteiger partial charge in [-0.05, 0) is 22.8 Å². The number of carbonyl (C=O) groups is 4. The van der Waals surface area contributed by atoms with Crippen LogP contribution in [0.1, 0.15) is 34.2 Å². The Bertz CT molecular complexity index is 2260. The number of rotatable bonds is 14. The number of benzene rings is 4. The Balaban J connectivity index is 1.21. The van der Waals surface area contributed by atoms with Gasteiger partial charge in [0.25, 0.3) is 0 Å². The Labute approximate surface area is 354 Å². The monoisotopic (exact) mass is 855 g/mol. The maximum Gasteiger partial charge on any atom is 0.422 e. The van der Waals surface area contributed by atoms with Crippen molar-refractivity contribution in [3.05, 3.63) is 149 Å². The summed E-state index contributed by atoms with van der Waals surface area (Å²) in [7, 11) is 1.50. The molecule has 2 amide bonds. The SMILES string of the molecule is CN(C(=O)C12CC3OC(=O)C1N(Cc1ccccc1C=CC(=O)OCC(F)(F)F)OC2C1OC(c2ccccc2)(c2ccccc2)OC31)C(Cc1ccccc1)C(=O)NCCO. The molecule has 1 aliphatic carbocycles. The average molecular weight is 856 g/mol. The van der Waals surface area contributed by atoms with Crippen molar-refractivity contribution in [1.82, 2.24) is 15.3 Å². The van der Waals surface area contributed by atoms with E-state index < -0.39 is 84.2 Å². The molecule has 0 aromatic heterocycles. The minimum absolute atomic E-state index is 0.0578. The summed E-state index contributed by atoms with van der Waals surface area (Å²) in [6.07, 6.45) is -6.66. The summed E-state index contributed by atoms with van der Waals surface area (Å²) in [6, 6.07) is 31.8.